The zero-order valence-electron chi connectivity index (χ0n) is 9.43. The molecule has 2 aromatic heterocycles. The first-order valence-corrected chi connectivity index (χ1v) is 6.34. The molecule has 0 fully saturated rings. The van der Waals surface area contributed by atoms with Gasteiger partial charge in [-0.15, -0.1) is 11.6 Å². The second-order valence-corrected chi connectivity index (χ2v) is 4.48. The minimum atomic E-state index is 0.398. The van der Waals surface area contributed by atoms with Gasteiger partial charge < -0.3 is 0 Å². The Kier molecular flexibility index (Phi) is 2.81. The third kappa shape index (κ3) is 1.93. The van der Waals surface area contributed by atoms with Crippen LogP contribution in [-0.4, -0.2) is 19.5 Å². The van der Waals surface area contributed by atoms with Gasteiger partial charge >= 0.3 is 0 Å². The molecule has 3 rings (SSSR count). The van der Waals surface area contributed by atoms with Crippen LogP contribution < -0.4 is 0 Å². The summed E-state index contributed by atoms with van der Waals surface area (Å²) >= 11 is 5.70. The molecule has 2 heterocycles. The fourth-order valence-corrected chi connectivity index (χ4v) is 2.35. The fourth-order valence-electron chi connectivity index (χ4n) is 2.21. The van der Waals surface area contributed by atoms with Crippen molar-refractivity contribution in [3.63, 3.8) is 0 Å². The van der Waals surface area contributed by atoms with E-state index in [-0.39, 0.29) is 0 Å². The van der Waals surface area contributed by atoms with E-state index in [0.717, 1.165) is 24.4 Å². The average Bonchev–Trinajstić information content (AvgIpc) is 2.83. The molecule has 88 valence electrons. The highest BCUT2D eigenvalue weighted by molar-refractivity contribution is 6.16. The molecule has 0 saturated carbocycles. The predicted molar refractivity (Wildman–Crippen MR) is 65.4 cm³/mol. The van der Waals surface area contributed by atoms with Gasteiger partial charge in [0.1, 0.15) is 6.33 Å². The van der Waals surface area contributed by atoms with Gasteiger partial charge in [-0.25, -0.2) is 9.97 Å². The van der Waals surface area contributed by atoms with E-state index in [4.69, 9.17) is 11.6 Å². The molecule has 0 spiro atoms. The van der Waals surface area contributed by atoms with E-state index >= 15 is 0 Å². The van der Waals surface area contributed by atoms with Gasteiger partial charge in [-0.05, 0) is 25.7 Å². The predicted octanol–water partition coefficient (Wildman–Crippen LogP) is 2.28. The Morgan fingerprint density at radius 2 is 2.00 bits per heavy atom. The molecule has 0 radical (unpaired) electrons. The van der Waals surface area contributed by atoms with Crippen LogP contribution in [0.5, 0.6) is 0 Å². The number of nitrogens with zero attached hydrogens (tertiary/aromatic N) is 4. The van der Waals surface area contributed by atoms with E-state index in [2.05, 4.69) is 15.0 Å². The molecule has 0 saturated heterocycles. The van der Waals surface area contributed by atoms with E-state index in [0.29, 0.717) is 5.88 Å². The van der Waals surface area contributed by atoms with Crippen LogP contribution in [0.15, 0.2) is 18.7 Å². The van der Waals surface area contributed by atoms with Crippen molar-refractivity contribution >= 4 is 11.6 Å². The number of rotatable bonds is 2. The molecule has 0 N–H and O–H groups in total. The second-order valence-electron chi connectivity index (χ2n) is 4.21. The molecule has 5 heteroatoms. The molecule has 0 amide bonds. The highest BCUT2D eigenvalue weighted by Gasteiger charge is 2.16. The van der Waals surface area contributed by atoms with Crippen molar-refractivity contribution in [2.75, 3.05) is 0 Å². The van der Waals surface area contributed by atoms with E-state index in [1.54, 1.807) is 12.4 Å². The summed E-state index contributed by atoms with van der Waals surface area (Å²) in [7, 11) is 0. The number of halogens is 1. The van der Waals surface area contributed by atoms with Gasteiger partial charge in [0.05, 0.1) is 29.7 Å². The van der Waals surface area contributed by atoms with Crippen LogP contribution >= 0.6 is 11.6 Å². The van der Waals surface area contributed by atoms with E-state index in [1.807, 2.05) is 10.9 Å². The van der Waals surface area contributed by atoms with Crippen LogP contribution in [0.2, 0.25) is 0 Å². The number of hydrogen-bond acceptors (Lipinski definition) is 3. The molecule has 0 atom stereocenters. The Labute approximate surface area is 105 Å². The summed E-state index contributed by atoms with van der Waals surface area (Å²) in [6, 6.07) is 0. The van der Waals surface area contributed by atoms with Gasteiger partial charge in [-0.1, -0.05) is 0 Å². The second kappa shape index (κ2) is 4.45. The highest BCUT2D eigenvalue weighted by atomic mass is 35.5. The molecule has 1 aliphatic rings. The Morgan fingerprint density at radius 1 is 1.12 bits per heavy atom. The summed E-state index contributed by atoms with van der Waals surface area (Å²) < 4.78 is 2.04. The zero-order chi connectivity index (χ0) is 11.7. The molecule has 17 heavy (non-hydrogen) atoms. The number of hydrogen-bond donors (Lipinski definition) is 0. The number of aromatic nitrogens is 4. The molecule has 0 bridgehead atoms. The number of aryl methyl sites for hydroxylation is 1. The van der Waals surface area contributed by atoms with Crippen molar-refractivity contribution in [1.29, 1.82) is 0 Å². The first-order chi connectivity index (χ1) is 8.38. The number of imidazole rings is 1. The van der Waals surface area contributed by atoms with Gasteiger partial charge in [0.2, 0.25) is 0 Å². The first-order valence-electron chi connectivity index (χ1n) is 5.81. The molecule has 0 aliphatic heterocycles. The lowest BCUT2D eigenvalue weighted by molar-refractivity contribution is 0.653. The lowest BCUT2D eigenvalue weighted by atomic mass is 10.0. The van der Waals surface area contributed by atoms with Gasteiger partial charge in [-0.2, -0.15) is 0 Å². The standard InChI is InChI=1S/C12H13ClN4/c13-5-9-6-15-12(7-14-9)17-8-16-10-3-1-2-4-11(10)17/h6-8H,1-5H2. The highest BCUT2D eigenvalue weighted by Crippen LogP contribution is 2.21. The summed E-state index contributed by atoms with van der Waals surface area (Å²) in [5, 5.41) is 0. The molecule has 0 aromatic carbocycles. The van der Waals surface area contributed by atoms with E-state index in [9.17, 15) is 0 Å². The Bertz CT molecular complexity index is 518. The maximum absolute atomic E-state index is 5.70. The Balaban J connectivity index is 2.00. The summed E-state index contributed by atoms with van der Waals surface area (Å²) in [6.45, 7) is 0. The quantitative estimate of drug-likeness (QED) is 0.766. The van der Waals surface area contributed by atoms with Crippen molar-refractivity contribution in [2.24, 2.45) is 0 Å². The fraction of sp³-hybridized carbons (Fsp3) is 0.417. The average molecular weight is 249 g/mol. The monoisotopic (exact) mass is 248 g/mol. The SMILES string of the molecule is ClCc1cnc(-n2cnc3c2CCCC3)cn1. The van der Waals surface area contributed by atoms with Crippen molar-refractivity contribution in [1.82, 2.24) is 19.5 Å². The minimum Gasteiger partial charge on any atom is -0.286 e. The van der Waals surface area contributed by atoms with Crippen LogP contribution in [-0.2, 0) is 18.7 Å². The van der Waals surface area contributed by atoms with E-state index < -0.39 is 0 Å². The summed E-state index contributed by atoms with van der Waals surface area (Å²) in [5.74, 6) is 1.23. The minimum absolute atomic E-state index is 0.398. The largest absolute Gasteiger partial charge is 0.286 e. The molecule has 0 unspecified atom stereocenters. The third-order valence-electron chi connectivity index (χ3n) is 3.11. The first kappa shape index (κ1) is 10.7. The normalized spacial score (nSPS) is 14.6. The van der Waals surface area contributed by atoms with Crippen molar-refractivity contribution in [2.45, 2.75) is 31.6 Å². The van der Waals surface area contributed by atoms with Crippen LogP contribution in [0.1, 0.15) is 29.9 Å². The molecular weight excluding hydrogens is 236 g/mol. The zero-order valence-corrected chi connectivity index (χ0v) is 10.2. The maximum atomic E-state index is 5.70. The molecule has 4 nitrogen and oxygen atoms in total. The maximum Gasteiger partial charge on any atom is 0.156 e. The number of alkyl halides is 1. The van der Waals surface area contributed by atoms with Gasteiger partial charge in [0.15, 0.2) is 5.82 Å². The van der Waals surface area contributed by atoms with Crippen molar-refractivity contribution in [3.8, 4) is 5.82 Å². The molecular formula is C12H13ClN4. The molecule has 1 aliphatic carbocycles. The Hall–Kier alpha value is -1.42. The summed E-state index contributed by atoms with van der Waals surface area (Å²) in [4.78, 5) is 13.1. The summed E-state index contributed by atoms with van der Waals surface area (Å²) in [5.41, 5.74) is 3.29. The lowest BCUT2D eigenvalue weighted by Crippen LogP contribution is -2.08. The van der Waals surface area contributed by atoms with Crippen LogP contribution in [0.3, 0.4) is 0 Å². The Morgan fingerprint density at radius 3 is 2.76 bits per heavy atom. The van der Waals surface area contributed by atoms with Crippen molar-refractivity contribution in [3.05, 3.63) is 35.8 Å². The third-order valence-corrected chi connectivity index (χ3v) is 3.38. The van der Waals surface area contributed by atoms with E-state index in [1.165, 1.54) is 24.2 Å². The van der Waals surface area contributed by atoms with Crippen LogP contribution in [0.25, 0.3) is 5.82 Å². The lowest BCUT2D eigenvalue weighted by Gasteiger charge is -2.13. The van der Waals surface area contributed by atoms with Gasteiger partial charge in [0.25, 0.3) is 0 Å². The van der Waals surface area contributed by atoms with Gasteiger partial charge in [-0.3, -0.25) is 9.55 Å². The van der Waals surface area contributed by atoms with Crippen LogP contribution in [0, 0.1) is 0 Å². The molecule has 2 aromatic rings. The number of fused-ring (bicyclic) bond motifs is 1. The topological polar surface area (TPSA) is 43.6 Å². The van der Waals surface area contributed by atoms with Crippen LogP contribution in [0.4, 0.5) is 0 Å². The summed E-state index contributed by atoms with van der Waals surface area (Å²) in [6.07, 6.45) is 9.95. The smallest absolute Gasteiger partial charge is 0.156 e. The van der Waals surface area contributed by atoms with Crippen molar-refractivity contribution < 1.29 is 0 Å². The van der Waals surface area contributed by atoms with Gasteiger partial charge in [0, 0.05) is 5.69 Å².